The van der Waals surface area contributed by atoms with Crippen molar-refractivity contribution in [1.29, 1.82) is 0 Å². The van der Waals surface area contributed by atoms with Gasteiger partial charge < -0.3 is 9.32 Å². The standard InChI is InChI=1S/C60H37NOS/c1-3-12-38(13-4-1)39-22-24-40(25-23-39)41-26-28-43(29-27-41)61(45-31-33-59-56(35-45)51-21-11-20-46(60(51)63-59)42-14-5-2-6-15-42)44-30-32-57-54(34-44)55-36-52-49-18-9-7-16-47(49)48-17-8-10-19-50(48)53(52)37-58(55)62-57/h1-37H. The van der Waals surface area contributed by atoms with Crippen LogP contribution in [-0.4, -0.2) is 0 Å². The molecular formula is C60H37NOS. The SMILES string of the molecule is c1ccc(-c2ccc(-c3ccc(N(c4ccc5oc6cc7c8ccccc8c8ccccc8c7cc6c5c4)c4ccc5sc6c(-c7ccccc7)cccc6c5c4)cc3)cc2)cc1. The van der Waals surface area contributed by atoms with Gasteiger partial charge in [-0.05, 0) is 126 Å². The molecule has 0 saturated heterocycles. The van der Waals surface area contributed by atoms with Gasteiger partial charge >= 0.3 is 0 Å². The molecule has 0 N–H and O–H groups in total. The summed E-state index contributed by atoms with van der Waals surface area (Å²) in [7, 11) is 0. The highest BCUT2D eigenvalue weighted by Crippen LogP contribution is 2.46. The number of hydrogen-bond acceptors (Lipinski definition) is 3. The maximum atomic E-state index is 6.69. The van der Waals surface area contributed by atoms with Crippen molar-refractivity contribution in [2.45, 2.75) is 0 Å². The molecular weight excluding hydrogens is 783 g/mol. The van der Waals surface area contributed by atoms with Gasteiger partial charge in [-0.25, -0.2) is 0 Å². The molecule has 0 aliphatic carbocycles. The minimum atomic E-state index is 0.875. The summed E-state index contributed by atoms with van der Waals surface area (Å²) in [5.41, 5.74) is 12.3. The van der Waals surface area contributed by atoms with E-state index in [1.165, 1.54) is 85.9 Å². The maximum absolute atomic E-state index is 6.69. The molecule has 0 aliphatic rings. The van der Waals surface area contributed by atoms with E-state index in [2.05, 4.69) is 229 Å². The molecule has 2 heterocycles. The van der Waals surface area contributed by atoms with Crippen molar-refractivity contribution in [3.8, 4) is 33.4 Å². The van der Waals surface area contributed by atoms with E-state index in [9.17, 15) is 0 Å². The highest BCUT2D eigenvalue weighted by atomic mass is 32.1. The van der Waals surface area contributed by atoms with Crippen LogP contribution in [0.25, 0.3) is 108 Å². The molecule has 11 aromatic carbocycles. The Morgan fingerprint density at radius 2 is 0.762 bits per heavy atom. The van der Waals surface area contributed by atoms with Gasteiger partial charge in [0.2, 0.25) is 0 Å². The zero-order chi connectivity index (χ0) is 41.4. The summed E-state index contributed by atoms with van der Waals surface area (Å²) >= 11 is 1.87. The Balaban J connectivity index is 0.982. The minimum absolute atomic E-state index is 0.875. The lowest BCUT2D eigenvalue weighted by Crippen LogP contribution is -2.09. The zero-order valence-electron chi connectivity index (χ0n) is 34.1. The van der Waals surface area contributed by atoms with E-state index in [1.54, 1.807) is 0 Å². The third-order valence-corrected chi connectivity index (χ3v) is 14.1. The number of thiophene rings is 1. The Hall–Kier alpha value is -7.98. The van der Waals surface area contributed by atoms with E-state index < -0.39 is 0 Å². The first-order chi connectivity index (χ1) is 31.2. The molecule has 2 nitrogen and oxygen atoms in total. The Bertz CT molecular complexity index is 3880. The summed E-state index contributed by atoms with van der Waals surface area (Å²) < 4.78 is 9.28. The summed E-state index contributed by atoms with van der Waals surface area (Å²) in [6.45, 7) is 0. The number of furan rings is 1. The van der Waals surface area contributed by atoms with E-state index in [1.807, 2.05) is 11.3 Å². The van der Waals surface area contributed by atoms with E-state index in [0.29, 0.717) is 0 Å². The third-order valence-electron chi connectivity index (χ3n) is 12.9. The molecule has 0 atom stereocenters. The highest BCUT2D eigenvalue weighted by Gasteiger charge is 2.20. The van der Waals surface area contributed by atoms with Crippen LogP contribution in [0.15, 0.2) is 229 Å². The molecule has 63 heavy (non-hydrogen) atoms. The van der Waals surface area contributed by atoms with Crippen LogP contribution < -0.4 is 4.90 Å². The second kappa shape index (κ2) is 14.3. The van der Waals surface area contributed by atoms with Gasteiger partial charge in [0.25, 0.3) is 0 Å². The van der Waals surface area contributed by atoms with E-state index >= 15 is 0 Å². The summed E-state index contributed by atoms with van der Waals surface area (Å²) in [5, 5.41) is 12.2. The van der Waals surface area contributed by atoms with E-state index in [-0.39, 0.29) is 0 Å². The van der Waals surface area contributed by atoms with Gasteiger partial charge in [-0.2, -0.15) is 0 Å². The van der Waals surface area contributed by atoms with Crippen LogP contribution >= 0.6 is 11.3 Å². The number of rotatable bonds is 6. The van der Waals surface area contributed by atoms with Crippen LogP contribution in [0.5, 0.6) is 0 Å². The maximum Gasteiger partial charge on any atom is 0.136 e. The summed E-state index contributed by atoms with van der Waals surface area (Å²) in [5.74, 6) is 0. The van der Waals surface area contributed by atoms with Gasteiger partial charge in [0.05, 0.1) is 0 Å². The molecule has 0 radical (unpaired) electrons. The smallest absolute Gasteiger partial charge is 0.136 e. The fourth-order valence-corrected chi connectivity index (χ4v) is 11.0. The summed E-state index contributed by atoms with van der Waals surface area (Å²) in [4.78, 5) is 2.40. The molecule has 0 unspecified atom stereocenters. The molecule has 0 aliphatic heterocycles. The fourth-order valence-electron chi connectivity index (χ4n) is 9.81. The van der Waals surface area contributed by atoms with E-state index in [4.69, 9.17) is 4.42 Å². The topological polar surface area (TPSA) is 16.4 Å². The molecule has 0 amide bonds. The van der Waals surface area contributed by atoms with Crippen LogP contribution in [0.1, 0.15) is 0 Å². The normalized spacial score (nSPS) is 11.8. The van der Waals surface area contributed by atoms with Crippen LogP contribution in [0.3, 0.4) is 0 Å². The van der Waals surface area contributed by atoms with Gasteiger partial charge in [0, 0.05) is 48.0 Å². The highest BCUT2D eigenvalue weighted by molar-refractivity contribution is 7.26. The first-order valence-electron chi connectivity index (χ1n) is 21.5. The van der Waals surface area contributed by atoms with Crippen LogP contribution in [0.2, 0.25) is 0 Å². The van der Waals surface area contributed by atoms with Crippen molar-refractivity contribution in [2.24, 2.45) is 0 Å². The van der Waals surface area contributed by atoms with Gasteiger partial charge in [-0.1, -0.05) is 164 Å². The van der Waals surface area contributed by atoms with Gasteiger partial charge in [-0.15, -0.1) is 11.3 Å². The van der Waals surface area contributed by atoms with Crippen molar-refractivity contribution in [3.63, 3.8) is 0 Å². The number of fused-ring (bicyclic) bond motifs is 12. The molecule has 3 heteroatoms. The second-order valence-corrected chi connectivity index (χ2v) is 17.5. The Kier molecular flexibility index (Phi) is 8.12. The average molecular weight is 820 g/mol. The Morgan fingerprint density at radius 3 is 1.41 bits per heavy atom. The first kappa shape index (κ1) is 35.7. The predicted octanol–water partition coefficient (Wildman–Crippen LogP) is 17.9. The number of anilines is 3. The lowest BCUT2D eigenvalue weighted by Gasteiger charge is -2.26. The van der Waals surface area contributed by atoms with Crippen molar-refractivity contribution >= 4 is 103 Å². The Morgan fingerprint density at radius 1 is 0.286 bits per heavy atom. The van der Waals surface area contributed by atoms with Gasteiger partial charge in [0.1, 0.15) is 11.2 Å². The molecule has 0 bridgehead atoms. The quantitative estimate of drug-likeness (QED) is 0.155. The third kappa shape index (κ3) is 5.85. The number of benzene rings is 11. The van der Waals surface area contributed by atoms with Gasteiger partial charge in [-0.3, -0.25) is 0 Å². The lowest BCUT2D eigenvalue weighted by atomic mass is 9.93. The van der Waals surface area contributed by atoms with Crippen LogP contribution in [0, 0.1) is 0 Å². The fraction of sp³-hybridized carbons (Fsp3) is 0. The predicted molar refractivity (Wildman–Crippen MR) is 270 cm³/mol. The monoisotopic (exact) mass is 819 g/mol. The molecule has 0 spiro atoms. The van der Waals surface area contributed by atoms with Crippen molar-refractivity contribution in [3.05, 3.63) is 224 Å². The van der Waals surface area contributed by atoms with Crippen LogP contribution in [-0.2, 0) is 0 Å². The van der Waals surface area contributed by atoms with Gasteiger partial charge in [0.15, 0.2) is 0 Å². The molecule has 13 rings (SSSR count). The summed E-state index contributed by atoms with van der Waals surface area (Å²) in [6, 6.07) is 81.6. The first-order valence-corrected chi connectivity index (χ1v) is 22.3. The summed E-state index contributed by atoms with van der Waals surface area (Å²) in [6.07, 6.45) is 0. The molecule has 0 saturated carbocycles. The lowest BCUT2D eigenvalue weighted by molar-refractivity contribution is 0.669. The van der Waals surface area contributed by atoms with Crippen molar-refractivity contribution in [1.82, 2.24) is 0 Å². The van der Waals surface area contributed by atoms with Crippen molar-refractivity contribution in [2.75, 3.05) is 4.90 Å². The second-order valence-electron chi connectivity index (χ2n) is 16.4. The van der Waals surface area contributed by atoms with E-state index in [0.717, 1.165) is 39.0 Å². The number of hydrogen-bond donors (Lipinski definition) is 0. The average Bonchev–Trinajstić information content (AvgIpc) is 3.92. The molecule has 0 fully saturated rings. The van der Waals surface area contributed by atoms with Crippen LogP contribution in [0.4, 0.5) is 17.1 Å². The molecule has 294 valence electrons. The Labute approximate surface area is 368 Å². The molecule has 13 aromatic rings. The minimum Gasteiger partial charge on any atom is -0.456 e. The van der Waals surface area contributed by atoms with Crippen molar-refractivity contribution < 1.29 is 4.42 Å². The largest absolute Gasteiger partial charge is 0.456 e. The zero-order valence-corrected chi connectivity index (χ0v) is 34.9. The molecule has 2 aromatic heterocycles. The number of nitrogens with zero attached hydrogens (tertiary/aromatic N) is 1.